The fourth-order valence-electron chi connectivity index (χ4n) is 2.26. The smallest absolute Gasteiger partial charge is 0.335 e. The van der Waals surface area contributed by atoms with Crippen molar-refractivity contribution in [3.63, 3.8) is 0 Å². The molecule has 0 bridgehead atoms. The Kier molecular flexibility index (Phi) is 4.80. The number of aromatic carboxylic acids is 1. The number of rotatable bonds is 5. The predicted molar refractivity (Wildman–Crippen MR) is 94.3 cm³/mol. The van der Waals surface area contributed by atoms with Crippen molar-refractivity contribution in [3.8, 4) is 17.1 Å². The Labute approximate surface area is 148 Å². The zero-order valence-electron chi connectivity index (χ0n) is 13.4. The number of carbonyl (C=O) groups is 2. The standard InChI is InChI=1S/C19H14N2O5/c22-16-7-2-1-6-15(16)18(23)21-20-11-14-8-9-17(26-14)12-4-3-5-13(10-12)19(24)25/h1-11,22H,(H,21,23)(H,24,25)/b20-11+. The van der Waals surface area contributed by atoms with E-state index in [1.165, 1.54) is 30.5 Å². The van der Waals surface area contributed by atoms with Crippen LogP contribution < -0.4 is 5.43 Å². The van der Waals surface area contributed by atoms with E-state index in [4.69, 9.17) is 9.52 Å². The minimum atomic E-state index is -1.02. The maximum Gasteiger partial charge on any atom is 0.335 e. The molecule has 130 valence electrons. The number of carbonyl (C=O) groups excluding carboxylic acids is 1. The third-order valence-electron chi connectivity index (χ3n) is 3.53. The number of carboxylic acid groups (broad SMARTS) is 1. The van der Waals surface area contributed by atoms with Gasteiger partial charge < -0.3 is 14.6 Å². The molecular formula is C19H14N2O5. The molecular weight excluding hydrogens is 336 g/mol. The van der Waals surface area contributed by atoms with E-state index in [-0.39, 0.29) is 16.9 Å². The Morgan fingerprint density at radius 3 is 2.62 bits per heavy atom. The highest BCUT2D eigenvalue weighted by molar-refractivity contribution is 5.97. The first-order valence-electron chi connectivity index (χ1n) is 7.59. The van der Waals surface area contributed by atoms with Crippen LogP contribution in [0.3, 0.4) is 0 Å². The van der Waals surface area contributed by atoms with Crippen LogP contribution >= 0.6 is 0 Å². The summed E-state index contributed by atoms with van der Waals surface area (Å²) in [6, 6.07) is 15.8. The molecule has 3 rings (SSSR count). The van der Waals surface area contributed by atoms with Crippen molar-refractivity contribution < 1.29 is 24.2 Å². The third-order valence-corrected chi connectivity index (χ3v) is 3.53. The largest absolute Gasteiger partial charge is 0.507 e. The van der Waals surface area contributed by atoms with Gasteiger partial charge in [-0.1, -0.05) is 24.3 Å². The molecule has 26 heavy (non-hydrogen) atoms. The first kappa shape index (κ1) is 17.0. The monoisotopic (exact) mass is 350 g/mol. The van der Waals surface area contributed by atoms with E-state index in [1.807, 2.05) is 0 Å². The van der Waals surface area contributed by atoms with Crippen molar-refractivity contribution in [2.45, 2.75) is 0 Å². The number of benzene rings is 2. The lowest BCUT2D eigenvalue weighted by Crippen LogP contribution is -2.17. The lowest BCUT2D eigenvalue weighted by Gasteiger charge is -2.01. The van der Waals surface area contributed by atoms with Crippen LogP contribution in [0.4, 0.5) is 0 Å². The fourth-order valence-corrected chi connectivity index (χ4v) is 2.26. The molecule has 1 aromatic heterocycles. The normalized spacial score (nSPS) is 10.8. The van der Waals surface area contributed by atoms with Gasteiger partial charge in [-0.2, -0.15) is 5.10 Å². The van der Waals surface area contributed by atoms with Gasteiger partial charge in [-0.15, -0.1) is 0 Å². The maximum absolute atomic E-state index is 11.9. The molecule has 3 N–H and O–H groups in total. The summed E-state index contributed by atoms with van der Waals surface area (Å²) < 4.78 is 5.57. The van der Waals surface area contributed by atoms with Crippen molar-refractivity contribution in [2.24, 2.45) is 5.10 Å². The van der Waals surface area contributed by atoms with Crippen LogP contribution in [-0.4, -0.2) is 28.3 Å². The van der Waals surface area contributed by atoms with Gasteiger partial charge in [-0.3, -0.25) is 4.79 Å². The summed E-state index contributed by atoms with van der Waals surface area (Å²) >= 11 is 0. The van der Waals surface area contributed by atoms with Gasteiger partial charge in [0.2, 0.25) is 0 Å². The predicted octanol–water partition coefficient (Wildman–Crippen LogP) is 3.11. The topological polar surface area (TPSA) is 112 Å². The number of hydrogen-bond donors (Lipinski definition) is 3. The van der Waals surface area contributed by atoms with Crippen molar-refractivity contribution >= 4 is 18.1 Å². The summed E-state index contributed by atoms with van der Waals surface area (Å²) in [5.74, 6) is -0.869. The molecule has 3 aromatic rings. The van der Waals surface area contributed by atoms with Crippen LogP contribution in [0, 0.1) is 0 Å². The van der Waals surface area contributed by atoms with Gasteiger partial charge in [0.1, 0.15) is 17.3 Å². The summed E-state index contributed by atoms with van der Waals surface area (Å²) in [6.07, 6.45) is 1.31. The molecule has 7 nitrogen and oxygen atoms in total. The number of nitrogens with zero attached hydrogens (tertiary/aromatic N) is 1. The number of aromatic hydroxyl groups is 1. The molecule has 1 heterocycles. The molecule has 1 amide bonds. The lowest BCUT2D eigenvalue weighted by molar-refractivity contribution is 0.0696. The van der Waals surface area contributed by atoms with Crippen LogP contribution in [0.2, 0.25) is 0 Å². The molecule has 7 heteroatoms. The van der Waals surface area contributed by atoms with E-state index < -0.39 is 11.9 Å². The molecule has 0 radical (unpaired) electrons. The Hall–Kier alpha value is -3.87. The van der Waals surface area contributed by atoms with Crippen molar-refractivity contribution in [2.75, 3.05) is 0 Å². The number of carboxylic acids is 1. The van der Waals surface area contributed by atoms with Crippen molar-refractivity contribution in [1.29, 1.82) is 0 Å². The number of phenolic OH excluding ortho intramolecular Hbond substituents is 1. The second-order valence-corrected chi connectivity index (χ2v) is 5.30. The second-order valence-electron chi connectivity index (χ2n) is 5.30. The molecule has 0 spiro atoms. The highest BCUT2D eigenvalue weighted by Gasteiger charge is 2.10. The summed E-state index contributed by atoms with van der Waals surface area (Å²) in [7, 11) is 0. The second kappa shape index (κ2) is 7.35. The van der Waals surface area contributed by atoms with E-state index in [0.29, 0.717) is 17.1 Å². The van der Waals surface area contributed by atoms with Crippen LogP contribution in [0.25, 0.3) is 11.3 Å². The molecule has 2 aromatic carbocycles. The zero-order valence-corrected chi connectivity index (χ0v) is 13.4. The Morgan fingerprint density at radius 1 is 1.04 bits per heavy atom. The summed E-state index contributed by atoms with van der Waals surface area (Å²) in [5, 5.41) is 22.4. The molecule has 0 atom stereocenters. The number of furan rings is 1. The van der Waals surface area contributed by atoms with E-state index in [0.717, 1.165) is 0 Å². The molecule has 0 saturated carbocycles. The SMILES string of the molecule is O=C(O)c1cccc(-c2ccc(/C=N/NC(=O)c3ccccc3O)o2)c1. The first-order chi connectivity index (χ1) is 12.5. The zero-order chi connectivity index (χ0) is 18.5. The molecule has 0 aliphatic rings. The Balaban J connectivity index is 1.70. The van der Waals surface area contributed by atoms with E-state index in [9.17, 15) is 14.7 Å². The fraction of sp³-hybridized carbons (Fsp3) is 0. The van der Waals surface area contributed by atoms with Crippen LogP contribution in [0.15, 0.2) is 70.2 Å². The average molecular weight is 350 g/mol. The summed E-state index contributed by atoms with van der Waals surface area (Å²) in [4.78, 5) is 22.9. The number of hydrogen-bond acceptors (Lipinski definition) is 5. The van der Waals surface area contributed by atoms with E-state index in [1.54, 1.807) is 36.4 Å². The summed E-state index contributed by atoms with van der Waals surface area (Å²) in [5.41, 5.74) is 3.17. The minimum Gasteiger partial charge on any atom is -0.507 e. The first-order valence-corrected chi connectivity index (χ1v) is 7.59. The lowest BCUT2D eigenvalue weighted by atomic mass is 10.1. The maximum atomic E-state index is 11.9. The third kappa shape index (κ3) is 3.78. The van der Waals surface area contributed by atoms with Gasteiger partial charge in [-0.25, -0.2) is 10.2 Å². The van der Waals surface area contributed by atoms with Crippen LogP contribution in [-0.2, 0) is 0 Å². The molecule has 0 aliphatic carbocycles. The Bertz CT molecular complexity index is 991. The van der Waals surface area contributed by atoms with Gasteiger partial charge in [0.05, 0.1) is 17.3 Å². The van der Waals surface area contributed by atoms with Gasteiger partial charge in [0.15, 0.2) is 0 Å². The Morgan fingerprint density at radius 2 is 1.85 bits per heavy atom. The van der Waals surface area contributed by atoms with Gasteiger partial charge in [-0.05, 0) is 36.4 Å². The number of hydrazone groups is 1. The molecule has 0 saturated heterocycles. The number of amides is 1. The highest BCUT2D eigenvalue weighted by atomic mass is 16.4. The number of nitrogens with one attached hydrogen (secondary N) is 1. The van der Waals surface area contributed by atoms with Gasteiger partial charge in [0.25, 0.3) is 5.91 Å². The van der Waals surface area contributed by atoms with E-state index >= 15 is 0 Å². The molecule has 0 aliphatic heterocycles. The highest BCUT2D eigenvalue weighted by Crippen LogP contribution is 2.22. The number of para-hydroxylation sites is 1. The van der Waals surface area contributed by atoms with Crippen LogP contribution in [0.5, 0.6) is 5.75 Å². The van der Waals surface area contributed by atoms with Gasteiger partial charge in [0, 0.05) is 5.56 Å². The quantitative estimate of drug-likeness (QED) is 0.483. The molecule has 0 fully saturated rings. The van der Waals surface area contributed by atoms with Crippen molar-refractivity contribution in [1.82, 2.24) is 5.43 Å². The summed E-state index contributed by atoms with van der Waals surface area (Å²) in [6.45, 7) is 0. The number of phenols is 1. The van der Waals surface area contributed by atoms with E-state index in [2.05, 4.69) is 10.5 Å². The van der Waals surface area contributed by atoms with Crippen molar-refractivity contribution in [3.05, 3.63) is 77.6 Å². The average Bonchev–Trinajstić information content (AvgIpc) is 3.11. The van der Waals surface area contributed by atoms with Crippen LogP contribution in [0.1, 0.15) is 26.5 Å². The molecule has 0 unspecified atom stereocenters. The minimum absolute atomic E-state index is 0.107. The van der Waals surface area contributed by atoms with Gasteiger partial charge >= 0.3 is 5.97 Å².